The molecule has 0 spiro atoms. The number of amides is 1. The molecule has 0 saturated carbocycles. The maximum atomic E-state index is 13.7. The molecule has 2 fully saturated rings. The lowest BCUT2D eigenvalue weighted by Gasteiger charge is -2.29. The second-order valence-corrected chi connectivity index (χ2v) is 7.03. The quantitative estimate of drug-likeness (QED) is 0.843. The van der Waals surface area contributed by atoms with Gasteiger partial charge in [0.25, 0.3) is 0 Å². The predicted molar refractivity (Wildman–Crippen MR) is 92.5 cm³/mol. The van der Waals surface area contributed by atoms with Crippen molar-refractivity contribution in [1.29, 1.82) is 0 Å². The van der Waals surface area contributed by atoms with Crippen LogP contribution in [0.4, 0.5) is 10.2 Å². The fraction of sp³-hybridized carbons (Fsp3) is 0.421. The van der Waals surface area contributed by atoms with Crippen LogP contribution >= 0.6 is 0 Å². The van der Waals surface area contributed by atoms with Crippen LogP contribution < -0.4 is 4.90 Å². The molecule has 1 aromatic heterocycles. The Morgan fingerprint density at radius 1 is 1.16 bits per heavy atom. The molecule has 2 aliphatic heterocycles. The molecule has 1 aromatic carbocycles. The number of anilines is 1. The van der Waals surface area contributed by atoms with E-state index in [1.54, 1.807) is 19.1 Å². The van der Waals surface area contributed by atoms with Crippen molar-refractivity contribution in [3.8, 4) is 0 Å². The zero-order valence-corrected chi connectivity index (χ0v) is 14.4. The van der Waals surface area contributed by atoms with Gasteiger partial charge in [-0.3, -0.25) is 4.79 Å². The lowest BCUT2D eigenvalue weighted by molar-refractivity contribution is -0.130. The van der Waals surface area contributed by atoms with Gasteiger partial charge in [0.05, 0.1) is 11.7 Å². The Kier molecular flexibility index (Phi) is 3.90. The molecule has 2 aliphatic rings. The number of likely N-dealkylation sites (tertiary alicyclic amines) is 1. The maximum Gasteiger partial charge on any atom is 0.219 e. The summed E-state index contributed by atoms with van der Waals surface area (Å²) >= 11 is 0. The fourth-order valence-electron chi connectivity index (χ4n) is 4.23. The highest BCUT2D eigenvalue weighted by Crippen LogP contribution is 2.45. The van der Waals surface area contributed by atoms with Crippen molar-refractivity contribution >= 4 is 11.7 Å². The zero-order chi connectivity index (χ0) is 17.6. The first-order valence-electron chi connectivity index (χ1n) is 8.61. The minimum Gasteiger partial charge on any atom is -0.354 e. The minimum absolute atomic E-state index is 0.0466. The van der Waals surface area contributed by atoms with E-state index < -0.39 is 0 Å². The van der Waals surface area contributed by atoms with Crippen LogP contribution in [0.25, 0.3) is 0 Å². The Balaban J connectivity index is 1.63. The molecule has 0 bridgehead atoms. The van der Waals surface area contributed by atoms with Gasteiger partial charge in [0, 0.05) is 38.4 Å². The summed E-state index contributed by atoms with van der Waals surface area (Å²) in [5, 5.41) is 8.43. The van der Waals surface area contributed by atoms with Crippen molar-refractivity contribution in [3.05, 3.63) is 53.5 Å². The summed E-state index contributed by atoms with van der Waals surface area (Å²) in [4.78, 5) is 16.2. The fourth-order valence-corrected chi connectivity index (χ4v) is 4.23. The SMILES string of the molecule is CC(=O)N1C[C@H]2CN(c3ccc(C)nn3)C[C@H]2[C@H]1c1cccc(F)c1. The number of aromatic nitrogens is 2. The molecule has 4 rings (SSSR count). The molecule has 25 heavy (non-hydrogen) atoms. The third kappa shape index (κ3) is 2.86. The molecule has 1 amide bonds. The lowest BCUT2D eigenvalue weighted by Crippen LogP contribution is -2.34. The van der Waals surface area contributed by atoms with Gasteiger partial charge in [-0.2, -0.15) is 5.10 Å². The standard InChI is InChI=1S/C19H21FN4O/c1-12-6-7-18(22-21-12)23-9-15-10-24(13(2)25)19(17(15)11-23)14-4-3-5-16(20)8-14/h3-8,15,17,19H,9-11H2,1-2H3/t15-,17-,19-/m1/s1. The molecular formula is C19H21FN4O. The number of carbonyl (C=O) groups excluding carboxylic acids is 1. The molecule has 0 radical (unpaired) electrons. The second kappa shape index (κ2) is 6.10. The first-order chi connectivity index (χ1) is 12.0. The van der Waals surface area contributed by atoms with Gasteiger partial charge in [-0.15, -0.1) is 5.10 Å². The number of fused-ring (bicyclic) bond motifs is 1. The summed E-state index contributed by atoms with van der Waals surface area (Å²) in [5.41, 5.74) is 1.77. The molecule has 5 nitrogen and oxygen atoms in total. The lowest BCUT2D eigenvalue weighted by atomic mass is 9.89. The van der Waals surface area contributed by atoms with Crippen LogP contribution in [0.2, 0.25) is 0 Å². The van der Waals surface area contributed by atoms with Crippen LogP contribution in [0.5, 0.6) is 0 Å². The van der Waals surface area contributed by atoms with Crippen LogP contribution in [-0.2, 0) is 4.79 Å². The normalized spacial score (nSPS) is 25.3. The molecular weight excluding hydrogens is 319 g/mol. The predicted octanol–water partition coefficient (Wildman–Crippen LogP) is 2.58. The molecule has 0 N–H and O–H groups in total. The van der Waals surface area contributed by atoms with Crippen molar-refractivity contribution in [2.24, 2.45) is 11.8 Å². The average Bonchev–Trinajstić information content (AvgIpc) is 3.13. The average molecular weight is 340 g/mol. The highest BCUT2D eigenvalue weighted by molar-refractivity contribution is 5.74. The number of hydrogen-bond acceptors (Lipinski definition) is 4. The molecule has 3 heterocycles. The third-order valence-corrected chi connectivity index (χ3v) is 5.37. The highest BCUT2D eigenvalue weighted by Gasteiger charge is 2.48. The van der Waals surface area contributed by atoms with Crippen molar-refractivity contribution in [3.63, 3.8) is 0 Å². The van der Waals surface area contributed by atoms with E-state index in [2.05, 4.69) is 15.1 Å². The number of rotatable bonds is 2. The summed E-state index contributed by atoms with van der Waals surface area (Å²) in [6.45, 7) is 5.86. The Bertz CT molecular complexity index is 794. The van der Waals surface area contributed by atoms with E-state index >= 15 is 0 Å². The smallest absolute Gasteiger partial charge is 0.219 e. The van der Waals surface area contributed by atoms with Crippen LogP contribution in [0.3, 0.4) is 0 Å². The summed E-state index contributed by atoms with van der Waals surface area (Å²) in [6, 6.07) is 10.5. The Morgan fingerprint density at radius 3 is 2.68 bits per heavy atom. The van der Waals surface area contributed by atoms with E-state index in [1.165, 1.54) is 6.07 Å². The van der Waals surface area contributed by atoms with E-state index in [9.17, 15) is 9.18 Å². The Morgan fingerprint density at radius 2 is 2.00 bits per heavy atom. The number of benzene rings is 1. The largest absolute Gasteiger partial charge is 0.354 e. The number of carbonyl (C=O) groups is 1. The summed E-state index contributed by atoms with van der Waals surface area (Å²) < 4.78 is 13.7. The van der Waals surface area contributed by atoms with Crippen molar-refractivity contribution in [1.82, 2.24) is 15.1 Å². The van der Waals surface area contributed by atoms with Gasteiger partial charge in [0.2, 0.25) is 5.91 Å². The Labute approximate surface area is 146 Å². The molecule has 2 saturated heterocycles. The molecule has 6 heteroatoms. The second-order valence-electron chi connectivity index (χ2n) is 7.03. The van der Waals surface area contributed by atoms with Crippen LogP contribution in [0, 0.1) is 24.6 Å². The molecule has 130 valence electrons. The van der Waals surface area contributed by atoms with Crippen molar-refractivity contribution < 1.29 is 9.18 Å². The van der Waals surface area contributed by atoms with E-state index in [1.807, 2.05) is 30.0 Å². The third-order valence-electron chi connectivity index (χ3n) is 5.37. The highest BCUT2D eigenvalue weighted by atomic mass is 19.1. The van der Waals surface area contributed by atoms with E-state index in [-0.39, 0.29) is 23.7 Å². The van der Waals surface area contributed by atoms with Crippen LogP contribution in [0.1, 0.15) is 24.2 Å². The minimum atomic E-state index is -0.260. The number of hydrogen-bond donors (Lipinski definition) is 0. The topological polar surface area (TPSA) is 49.3 Å². The first-order valence-corrected chi connectivity index (χ1v) is 8.61. The van der Waals surface area contributed by atoms with Gasteiger partial charge in [-0.25, -0.2) is 4.39 Å². The molecule has 0 unspecified atom stereocenters. The molecule has 3 atom stereocenters. The summed E-state index contributed by atoms with van der Waals surface area (Å²) in [6.07, 6.45) is 0. The van der Waals surface area contributed by atoms with Crippen LogP contribution in [-0.4, -0.2) is 40.6 Å². The first kappa shape index (κ1) is 16.0. The molecule has 2 aromatic rings. The number of halogens is 1. The van der Waals surface area contributed by atoms with Crippen molar-refractivity contribution in [2.45, 2.75) is 19.9 Å². The van der Waals surface area contributed by atoms with Gasteiger partial charge < -0.3 is 9.80 Å². The van der Waals surface area contributed by atoms with Crippen molar-refractivity contribution in [2.75, 3.05) is 24.5 Å². The van der Waals surface area contributed by atoms with E-state index in [0.29, 0.717) is 12.5 Å². The van der Waals surface area contributed by atoms with Gasteiger partial charge in [-0.1, -0.05) is 12.1 Å². The monoisotopic (exact) mass is 340 g/mol. The summed E-state index contributed by atoms with van der Waals surface area (Å²) in [7, 11) is 0. The van der Waals surface area contributed by atoms with Crippen LogP contribution in [0.15, 0.2) is 36.4 Å². The van der Waals surface area contributed by atoms with E-state index in [0.717, 1.165) is 30.2 Å². The number of aryl methyl sites for hydroxylation is 1. The zero-order valence-electron chi connectivity index (χ0n) is 14.4. The maximum absolute atomic E-state index is 13.7. The van der Waals surface area contributed by atoms with Gasteiger partial charge in [0.1, 0.15) is 5.82 Å². The molecule has 0 aliphatic carbocycles. The van der Waals surface area contributed by atoms with Gasteiger partial charge in [-0.05, 0) is 36.8 Å². The number of nitrogens with zero attached hydrogens (tertiary/aromatic N) is 4. The summed E-state index contributed by atoms with van der Waals surface area (Å²) in [5.74, 6) is 1.29. The Hall–Kier alpha value is -2.50. The van der Waals surface area contributed by atoms with E-state index in [4.69, 9.17) is 0 Å². The van der Waals surface area contributed by atoms with Gasteiger partial charge >= 0.3 is 0 Å². The van der Waals surface area contributed by atoms with Gasteiger partial charge in [0.15, 0.2) is 5.82 Å².